The van der Waals surface area contributed by atoms with Gasteiger partial charge in [0.2, 0.25) is 0 Å². The molecule has 6 aromatic carbocycles. The molecule has 3 atom stereocenters. The smallest absolute Gasteiger partial charge is 0.330 e. The van der Waals surface area contributed by atoms with E-state index in [1.807, 2.05) is 60.7 Å². The van der Waals surface area contributed by atoms with Gasteiger partial charge < -0.3 is 33.5 Å². The number of carbonyl (C=O) groups is 2. The van der Waals surface area contributed by atoms with Gasteiger partial charge in [-0.05, 0) is 98.5 Å². The van der Waals surface area contributed by atoms with Gasteiger partial charge in [0.1, 0.15) is 43.5 Å². The maximum absolute atomic E-state index is 13.5. The van der Waals surface area contributed by atoms with E-state index in [0.717, 1.165) is 39.6 Å². The summed E-state index contributed by atoms with van der Waals surface area (Å²) in [5.74, 6) is -0.304. The van der Waals surface area contributed by atoms with E-state index in [-0.39, 0.29) is 32.3 Å². The number of fused-ring (bicyclic) bond motifs is 4. The van der Waals surface area contributed by atoms with Gasteiger partial charge in [-0.3, -0.25) is 4.79 Å². The number of ether oxygens (including phenoxy) is 6. The van der Waals surface area contributed by atoms with E-state index in [2.05, 4.69) is 79.4 Å². The molecule has 0 heterocycles. The van der Waals surface area contributed by atoms with Crippen molar-refractivity contribution in [2.24, 2.45) is 5.92 Å². The van der Waals surface area contributed by atoms with E-state index in [1.54, 1.807) is 6.07 Å². The number of halogens is 1. The summed E-state index contributed by atoms with van der Waals surface area (Å²) < 4.78 is 34.1. The fourth-order valence-corrected chi connectivity index (χ4v) is 9.94. The molecule has 3 unspecified atom stereocenters. The molecule has 0 amide bonds. The minimum Gasteiger partial charge on any atom is -0.491 e. The third-order valence-corrected chi connectivity index (χ3v) is 12.7. The van der Waals surface area contributed by atoms with Crippen LogP contribution in [0, 0.1) is 5.92 Å². The Bertz CT molecular complexity index is 2580. The number of esters is 2. The van der Waals surface area contributed by atoms with Crippen LogP contribution in [0.3, 0.4) is 0 Å². The summed E-state index contributed by atoms with van der Waals surface area (Å²) in [5, 5.41) is 12.8. The molecule has 10 rings (SSSR count). The predicted molar refractivity (Wildman–Crippen MR) is 239 cm³/mol. The highest BCUT2D eigenvalue weighted by atomic mass is 35.5. The molecule has 0 saturated heterocycles. The zero-order valence-electron chi connectivity index (χ0n) is 34.7. The quantitative estimate of drug-likeness (QED) is 0.0513. The molecule has 6 aromatic rings. The van der Waals surface area contributed by atoms with Crippen molar-refractivity contribution in [3.63, 3.8) is 0 Å². The molecular formula is C53H47ClO9. The number of benzene rings is 6. The molecule has 0 radical (unpaired) electrons. The highest BCUT2D eigenvalue weighted by molar-refractivity contribution is 6.30. The molecule has 0 aliphatic heterocycles. The van der Waals surface area contributed by atoms with Crippen molar-refractivity contribution in [2.75, 3.05) is 52.9 Å². The molecule has 0 spiro atoms. The van der Waals surface area contributed by atoms with Gasteiger partial charge in [0, 0.05) is 17.0 Å². The Labute approximate surface area is 371 Å². The summed E-state index contributed by atoms with van der Waals surface area (Å²) in [6, 6.07) is 46.8. The molecular weight excluding hydrogens is 816 g/mol. The van der Waals surface area contributed by atoms with Gasteiger partial charge in [0.25, 0.3) is 0 Å². The first-order chi connectivity index (χ1) is 30.8. The highest BCUT2D eigenvalue weighted by Crippen LogP contribution is 2.59. The number of rotatable bonds is 18. The number of carbonyl (C=O) groups excluding carboxylic acids is 2. The lowest BCUT2D eigenvalue weighted by Gasteiger charge is -2.50. The fraction of sp³-hybridized carbons (Fsp3) is 0.245. The van der Waals surface area contributed by atoms with Crippen LogP contribution < -0.4 is 9.47 Å². The average Bonchev–Trinajstić information content (AvgIpc) is 3.62. The molecule has 63 heavy (non-hydrogen) atoms. The van der Waals surface area contributed by atoms with Crippen LogP contribution in [0.25, 0.3) is 11.1 Å². The first-order valence-corrected chi connectivity index (χ1v) is 21.6. The summed E-state index contributed by atoms with van der Waals surface area (Å²) in [5.41, 5.74) is 8.30. The van der Waals surface area contributed by atoms with E-state index in [4.69, 9.17) is 40.0 Å². The van der Waals surface area contributed by atoms with E-state index < -0.39 is 28.9 Å². The Hall–Kier alpha value is -6.23. The Kier molecular flexibility index (Phi) is 12.2. The molecule has 1 N–H and O–H groups in total. The van der Waals surface area contributed by atoms with Crippen LogP contribution in [0.1, 0.15) is 56.8 Å². The van der Waals surface area contributed by atoms with Crippen molar-refractivity contribution in [3.8, 4) is 22.6 Å². The van der Waals surface area contributed by atoms with Gasteiger partial charge in [0.15, 0.2) is 0 Å². The number of hydrogen-bond donors (Lipinski definition) is 1. The van der Waals surface area contributed by atoms with Gasteiger partial charge >= 0.3 is 11.9 Å². The maximum Gasteiger partial charge on any atom is 0.330 e. The third kappa shape index (κ3) is 7.80. The highest BCUT2D eigenvalue weighted by Gasteiger charge is 2.56. The first-order valence-electron chi connectivity index (χ1n) is 21.2. The van der Waals surface area contributed by atoms with Crippen molar-refractivity contribution < 1.29 is 43.1 Å². The van der Waals surface area contributed by atoms with Gasteiger partial charge in [-0.25, -0.2) is 4.79 Å². The molecule has 4 aliphatic rings. The Morgan fingerprint density at radius 3 is 1.70 bits per heavy atom. The van der Waals surface area contributed by atoms with Crippen LogP contribution in [0.15, 0.2) is 152 Å². The molecule has 2 bridgehead atoms. The Balaban J connectivity index is 0.814. The van der Waals surface area contributed by atoms with Gasteiger partial charge in [-0.15, -0.1) is 0 Å². The normalized spacial score (nSPS) is 18.3. The van der Waals surface area contributed by atoms with Crippen molar-refractivity contribution in [2.45, 2.75) is 23.4 Å². The standard InChI is InChI=1S/C53H47ClO9/c1-2-50(55)62-31-27-58-25-29-60-38-20-15-35(16-21-38)52(45-12-6-3-9-40(45)41-10-4-7-13-46(41)52)36-17-22-39(23-18-36)61-30-26-59-28-32-63-51(56)49-34-43-42-11-5-8-14-47(42)53(49,57)48-24-19-37(54)33-44(43)48/h2-24,33,43,49,57H,1,25-32,34H2. The molecule has 320 valence electrons. The second kappa shape index (κ2) is 18.2. The van der Waals surface area contributed by atoms with Crippen LogP contribution in [0.2, 0.25) is 5.02 Å². The van der Waals surface area contributed by atoms with Gasteiger partial charge in [-0.1, -0.05) is 121 Å². The molecule has 9 nitrogen and oxygen atoms in total. The summed E-state index contributed by atoms with van der Waals surface area (Å²) in [4.78, 5) is 24.7. The summed E-state index contributed by atoms with van der Waals surface area (Å²) >= 11 is 6.35. The summed E-state index contributed by atoms with van der Waals surface area (Å²) in [6.07, 6.45) is 1.56. The Morgan fingerprint density at radius 2 is 1.11 bits per heavy atom. The molecule has 0 saturated carbocycles. The van der Waals surface area contributed by atoms with Crippen molar-refractivity contribution in [3.05, 3.63) is 202 Å². The van der Waals surface area contributed by atoms with E-state index in [1.165, 1.54) is 22.3 Å². The number of aliphatic hydroxyl groups is 1. The zero-order valence-corrected chi connectivity index (χ0v) is 35.4. The summed E-state index contributed by atoms with van der Waals surface area (Å²) in [6.45, 7) is 5.37. The lowest BCUT2D eigenvalue weighted by molar-refractivity contribution is -0.161. The van der Waals surface area contributed by atoms with Gasteiger partial charge in [0.05, 0.1) is 37.8 Å². The summed E-state index contributed by atoms with van der Waals surface area (Å²) in [7, 11) is 0. The molecule has 10 heteroatoms. The minimum atomic E-state index is -1.50. The predicted octanol–water partition coefficient (Wildman–Crippen LogP) is 9.17. The minimum absolute atomic E-state index is 0.0564. The van der Waals surface area contributed by atoms with Crippen LogP contribution in [-0.2, 0) is 39.6 Å². The first kappa shape index (κ1) is 42.1. The Morgan fingerprint density at radius 1 is 0.603 bits per heavy atom. The second-order valence-electron chi connectivity index (χ2n) is 15.8. The third-order valence-electron chi connectivity index (χ3n) is 12.4. The molecule has 0 fully saturated rings. The second-order valence-corrected chi connectivity index (χ2v) is 16.2. The average molecular weight is 863 g/mol. The monoisotopic (exact) mass is 862 g/mol. The van der Waals surface area contributed by atoms with Crippen LogP contribution >= 0.6 is 11.6 Å². The van der Waals surface area contributed by atoms with E-state index in [0.29, 0.717) is 49.2 Å². The fourth-order valence-electron chi connectivity index (χ4n) is 9.76. The lowest BCUT2D eigenvalue weighted by Crippen LogP contribution is -2.50. The lowest BCUT2D eigenvalue weighted by atomic mass is 9.56. The van der Waals surface area contributed by atoms with E-state index in [9.17, 15) is 14.7 Å². The van der Waals surface area contributed by atoms with Crippen LogP contribution in [0.5, 0.6) is 11.5 Å². The van der Waals surface area contributed by atoms with Crippen LogP contribution in [0.4, 0.5) is 0 Å². The SMILES string of the molecule is C=CC(=O)OCCOCCOc1ccc(C2(c3ccc(OCCOCCOC(=O)C4CC5c6ccccc6C4(O)c4ccc(Cl)cc45)cc3)c3ccccc3-c3ccccc32)cc1. The van der Waals surface area contributed by atoms with E-state index >= 15 is 0 Å². The van der Waals surface area contributed by atoms with Crippen molar-refractivity contribution >= 4 is 23.5 Å². The van der Waals surface area contributed by atoms with Crippen LogP contribution in [-0.4, -0.2) is 69.9 Å². The zero-order chi connectivity index (χ0) is 43.4. The van der Waals surface area contributed by atoms with Crippen molar-refractivity contribution in [1.29, 1.82) is 0 Å². The number of hydrogen-bond acceptors (Lipinski definition) is 9. The molecule has 4 aliphatic carbocycles. The topological polar surface area (TPSA) is 110 Å². The maximum atomic E-state index is 13.5. The largest absolute Gasteiger partial charge is 0.491 e. The van der Waals surface area contributed by atoms with Gasteiger partial charge in [-0.2, -0.15) is 0 Å². The van der Waals surface area contributed by atoms with Crippen molar-refractivity contribution in [1.82, 2.24) is 0 Å². The molecule has 0 aromatic heterocycles.